The zero-order valence-corrected chi connectivity index (χ0v) is 15.4. The predicted molar refractivity (Wildman–Crippen MR) is 96.4 cm³/mol. The van der Waals surface area contributed by atoms with E-state index in [1.807, 2.05) is 12.1 Å². The van der Waals surface area contributed by atoms with Crippen molar-refractivity contribution in [2.75, 3.05) is 18.6 Å². The second-order valence-corrected chi connectivity index (χ2v) is 8.66. The minimum absolute atomic E-state index is 0.0524. The van der Waals surface area contributed by atoms with E-state index in [9.17, 15) is 18.0 Å². The maximum atomic E-state index is 12.5. The summed E-state index contributed by atoms with van der Waals surface area (Å²) in [6.07, 6.45) is 0.968. The molecule has 1 amide bonds. The molecule has 138 valence electrons. The van der Waals surface area contributed by atoms with Gasteiger partial charge in [0.05, 0.1) is 22.6 Å². The van der Waals surface area contributed by atoms with E-state index in [1.165, 1.54) is 18.9 Å². The molecular weight excluding hydrogens is 356 g/mol. The van der Waals surface area contributed by atoms with Crippen molar-refractivity contribution in [3.8, 4) is 0 Å². The molecule has 1 aliphatic heterocycles. The number of aromatic nitrogens is 1. The zero-order chi connectivity index (χ0) is 18.9. The summed E-state index contributed by atoms with van der Waals surface area (Å²) in [7, 11) is -1.56. The smallest absolute Gasteiger partial charge is 0.341 e. The molecule has 2 aromatic rings. The van der Waals surface area contributed by atoms with Gasteiger partial charge in [-0.1, -0.05) is 18.2 Å². The van der Waals surface area contributed by atoms with Crippen molar-refractivity contribution in [2.45, 2.75) is 25.5 Å². The topological polar surface area (TPSA) is 93.6 Å². The quantitative estimate of drug-likeness (QED) is 0.750. The molecule has 2 atom stereocenters. The summed E-state index contributed by atoms with van der Waals surface area (Å²) in [5.41, 5.74) is 0.795. The van der Waals surface area contributed by atoms with Crippen LogP contribution in [-0.4, -0.2) is 60.9 Å². The molecule has 0 radical (unpaired) electrons. The van der Waals surface area contributed by atoms with E-state index >= 15 is 0 Å². The first-order valence-electron chi connectivity index (χ1n) is 8.30. The van der Waals surface area contributed by atoms with Crippen LogP contribution in [0.1, 0.15) is 23.7 Å². The molecule has 1 fully saturated rings. The molecule has 0 saturated carbocycles. The number of carbonyl (C=O) groups is 2. The number of benzene rings is 1. The van der Waals surface area contributed by atoms with Gasteiger partial charge >= 0.3 is 5.97 Å². The van der Waals surface area contributed by atoms with Gasteiger partial charge in [-0.15, -0.1) is 0 Å². The lowest BCUT2D eigenvalue weighted by Gasteiger charge is -2.26. The number of hydrogen-bond donors (Lipinski definition) is 0. The number of hydrogen-bond acceptors (Lipinski definition) is 6. The maximum absolute atomic E-state index is 12.5. The highest BCUT2D eigenvalue weighted by molar-refractivity contribution is 7.91. The Morgan fingerprint density at radius 3 is 2.69 bits per heavy atom. The fourth-order valence-corrected chi connectivity index (χ4v) is 4.87. The Bertz CT molecular complexity index is 952. The first kappa shape index (κ1) is 18.3. The van der Waals surface area contributed by atoms with E-state index < -0.39 is 27.8 Å². The SMILES string of the molecule is C[C@H](OC(=O)c1cccc2cccnc12)C(=O)N(C)[C@@H]1CCS(=O)(=O)C1. The molecule has 7 nitrogen and oxygen atoms in total. The zero-order valence-electron chi connectivity index (χ0n) is 14.6. The first-order valence-corrected chi connectivity index (χ1v) is 10.1. The number of para-hydroxylation sites is 1. The first-order chi connectivity index (χ1) is 12.3. The highest BCUT2D eigenvalue weighted by atomic mass is 32.2. The average molecular weight is 376 g/mol. The molecule has 8 heteroatoms. The number of nitrogens with zero attached hydrogens (tertiary/aromatic N) is 2. The summed E-state index contributed by atoms with van der Waals surface area (Å²) >= 11 is 0. The molecule has 0 N–H and O–H groups in total. The van der Waals surface area contributed by atoms with Crippen molar-refractivity contribution in [2.24, 2.45) is 0 Å². The number of sulfone groups is 1. The van der Waals surface area contributed by atoms with Gasteiger partial charge in [0, 0.05) is 24.7 Å². The Hall–Kier alpha value is -2.48. The lowest BCUT2D eigenvalue weighted by Crippen LogP contribution is -2.44. The molecule has 1 aromatic carbocycles. The van der Waals surface area contributed by atoms with Crippen molar-refractivity contribution < 1.29 is 22.7 Å². The highest BCUT2D eigenvalue weighted by Gasteiger charge is 2.35. The van der Waals surface area contributed by atoms with Gasteiger partial charge in [-0.05, 0) is 25.5 Å². The Morgan fingerprint density at radius 1 is 1.27 bits per heavy atom. The van der Waals surface area contributed by atoms with E-state index in [2.05, 4.69) is 4.98 Å². The van der Waals surface area contributed by atoms with E-state index in [0.717, 1.165) is 5.39 Å². The normalized spacial score (nSPS) is 19.8. The number of fused-ring (bicyclic) bond motifs is 1. The molecular formula is C18H20N2O5S. The van der Waals surface area contributed by atoms with Crippen LogP contribution >= 0.6 is 0 Å². The van der Waals surface area contributed by atoms with Crippen LogP contribution in [0.4, 0.5) is 0 Å². The Balaban J connectivity index is 1.71. The number of pyridine rings is 1. The Morgan fingerprint density at radius 2 is 2.00 bits per heavy atom. The van der Waals surface area contributed by atoms with Gasteiger partial charge in [0.15, 0.2) is 15.9 Å². The van der Waals surface area contributed by atoms with E-state index in [-0.39, 0.29) is 23.1 Å². The number of rotatable bonds is 4. The van der Waals surface area contributed by atoms with Crippen molar-refractivity contribution >= 4 is 32.6 Å². The van der Waals surface area contributed by atoms with Crippen molar-refractivity contribution in [3.05, 3.63) is 42.1 Å². The molecule has 0 unspecified atom stereocenters. The van der Waals surface area contributed by atoms with Gasteiger partial charge in [0.1, 0.15) is 0 Å². The minimum Gasteiger partial charge on any atom is -0.449 e. The van der Waals surface area contributed by atoms with Gasteiger partial charge in [-0.3, -0.25) is 9.78 Å². The van der Waals surface area contributed by atoms with Crippen LogP contribution in [0, 0.1) is 0 Å². The molecule has 0 bridgehead atoms. The second-order valence-electron chi connectivity index (χ2n) is 6.43. The van der Waals surface area contributed by atoms with Gasteiger partial charge in [-0.2, -0.15) is 0 Å². The average Bonchev–Trinajstić information content (AvgIpc) is 2.99. The molecule has 26 heavy (non-hydrogen) atoms. The number of esters is 1. The van der Waals surface area contributed by atoms with Crippen molar-refractivity contribution in [1.29, 1.82) is 0 Å². The molecule has 2 heterocycles. The summed E-state index contributed by atoms with van der Waals surface area (Å²) in [6.45, 7) is 1.48. The summed E-state index contributed by atoms with van der Waals surface area (Å²) in [5.74, 6) is -1.04. The van der Waals surface area contributed by atoms with Crippen molar-refractivity contribution in [1.82, 2.24) is 9.88 Å². The molecule has 3 rings (SSSR count). The van der Waals surface area contributed by atoms with Gasteiger partial charge in [-0.25, -0.2) is 13.2 Å². The van der Waals surface area contributed by atoms with Crippen LogP contribution in [0.2, 0.25) is 0 Å². The number of amides is 1. The largest absolute Gasteiger partial charge is 0.449 e. The van der Waals surface area contributed by atoms with Crippen LogP contribution in [0.5, 0.6) is 0 Å². The third kappa shape index (κ3) is 3.70. The third-order valence-corrected chi connectivity index (χ3v) is 6.34. The van der Waals surface area contributed by atoms with Gasteiger partial charge < -0.3 is 9.64 Å². The molecule has 1 aliphatic rings. The highest BCUT2D eigenvalue weighted by Crippen LogP contribution is 2.20. The van der Waals surface area contributed by atoms with Crippen LogP contribution in [0.3, 0.4) is 0 Å². The number of likely N-dealkylation sites (N-methyl/N-ethyl adjacent to an activating group) is 1. The lowest BCUT2D eigenvalue weighted by molar-refractivity contribution is -0.140. The lowest BCUT2D eigenvalue weighted by atomic mass is 10.1. The summed E-state index contributed by atoms with van der Waals surface area (Å²) < 4.78 is 28.5. The Labute approximate surface area is 151 Å². The van der Waals surface area contributed by atoms with Crippen LogP contribution in [0.15, 0.2) is 36.5 Å². The minimum atomic E-state index is -3.10. The fourth-order valence-electron chi connectivity index (χ4n) is 3.09. The van der Waals surface area contributed by atoms with E-state index in [0.29, 0.717) is 11.9 Å². The molecule has 0 spiro atoms. The molecule has 1 saturated heterocycles. The van der Waals surface area contributed by atoms with Gasteiger partial charge in [0.25, 0.3) is 5.91 Å². The van der Waals surface area contributed by atoms with Gasteiger partial charge in [0.2, 0.25) is 0 Å². The van der Waals surface area contributed by atoms with Crippen molar-refractivity contribution in [3.63, 3.8) is 0 Å². The predicted octanol–water partition coefficient (Wildman–Crippen LogP) is 1.43. The van der Waals surface area contributed by atoms with Crippen LogP contribution < -0.4 is 0 Å². The number of ether oxygens (including phenoxy) is 1. The molecule has 0 aliphatic carbocycles. The monoisotopic (exact) mass is 376 g/mol. The number of carbonyl (C=O) groups excluding carboxylic acids is 2. The Kier molecular flexibility index (Phi) is 4.95. The second kappa shape index (κ2) is 7.03. The van der Waals surface area contributed by atoms with E-state index in [1.54, 1.807) is 24.4 Å². The standard InChI is InChI=1S/C18H20N2O5S/c1-12(17(21)20(2)14-8-10-26(23,24)11-14)25-18(22)15-7-3-5-13-6-4-9-19-16(13)15/h3-7,9,12,14H,8,10-11H2,1-2H3/t12-,14+/m0/s1. The third-order valence-electron chi connectivity index (χ3n) is 4.59. The summed E-state index contributed by atoms with van der Waals surface area (Å²) in [4.78, 5) is 30.6. The fraction of sp³-hybridized carbons (Fsp3) is 0.389. The van der Waals surface area contributed by atoms with Crippen LogP contribution in [-0.2, 0) is 19.4 Å². The summed E-state index contributed by atoms with van der Waals surface area (Å²) in [5, 5.41) is 0.800. The van der Waals surface area contributed by atoms with E-state index in [4.69, 9.17) is 4.74 Å². The van der Waals surface area contributed by atoms with Crippen LogP contribution in [0.25, 0.3) is 10.9 Å². The molecule has 1 aromatic heterocycles. The summed E-state index contributed by atoms with van der Waals surface area (Å²) in [6, 6.07) is 8.39. The maximum Gasteiger partial charge on any atom is 0.341 e.